The van der Waals surface area contributed by atoms with Gasteiger partial charge in [0.25, 0.3) is 0 Å². The number of ether oxygens (including phenoxy) is 1. The molecule has 4 nitrogen and oxygen atoms in total. The third-order valence-electron chi connectivity index (χ3n) is 5.48. The van der Waals surface area contributed by atoms with Crippen molar-refractivity contribution in [3.8, 4) is 11.3 Å². The number of likely N-dealkylation sites (tertiary alicyclic amines) is 1. The van der Waals surface area contributed by atoms with Gasteiger partial charge in [0.1, 0.15) is 0 Å². The largest absolute Gasteiger partial charge is 0.439 e. The van der Waals surface area contributed by atoms with Crippen LogP contribution < -0.4 is 0 Å². The van der Waals surface area contributed by atoms with Crippen molar-refractivity contribution in [2.75, 3.05) is 26.3 Å². The molecule has 1 spiro atoms. The Morgan fingerprint density at radius 2 is 2.04 bits per heavy atom. The van der Waals surface area contributed by atoms with Gasteiger partial charge in [0.2, 0.25) is 5.89 Å². The predicted octanol–water partition coefficient (Wildman–Crippen LogP) is 4.48. The summed E-state index contributed by atoms with van der Waals surface area (Å²) in [6.45, 7) is 8.15. The molecule has 0 unspecified atom stereocenters. The molecule has 0 N–H and O–H groups in total. The first-order valence-electron chi connectivity index (χ1n) is 8.61. The third-order valence-corrected chi connectivity index (χ3v) is 5.73. The Hall–Kier alpha value is -1.36. The van der Waals surface area contributed by atoms with Crippen LogP contribution in [0.2, 0.25) is 5.02 Å². The number of hydrogen-bond acceptors (Lipinski definition) is 4. The first-order chi connectivity index (χ1) is 11.6. The summed E-state index contributed by atoms with van der Waals surface area (Å²) in [4.78, 5) is 7.17. The van der Waals surface area contributed by atoms with Crippen LogP contribution in [0.15, 0.2) is 28.7 Å². The Balaban J connectivity index is 1.54. The van der Waals surface area contributed by atoms with E-state index in [1.165, 1.54) is 12.8 Å². The van der Waals surface area contributed by atoms with Crippen LogP contribution in [0.3, 0.4) is 0 Å². The van der Waals surface area contributed by atoms with Crippen molar-refractivity contribution in [3.63, 3.8) is 0 Å². The molecular formula is C19H23ClN2O2. The molecular weight excluding hydrogens is 324 g/mol. The Morgan fingerprint density at radius 3 is 2.75 bits per heavy atom. The molecule has 128 valence electrons. The van der Waals surface area contributed by atoms with E-state index in [0.29, 0.717) is 5.41 Å². The van der Waals surface area contributed by atoms with Gasteiger partial charge in [-0.1, -0.05) is 11.6 Å². The average Bonchev–Trinajstić information content (AvgIpc) is 3.30. The summed E-state index contributed by atoms with van der Waals surface area (Å²) in [5.41, 5.74) is 2.30. The number of benzene rings is 1. The second kappa shape index (κ2) is 6.17. The molecule has 2 saturated heterocycles. The Morgan fingerprint density at radius 1 is 1.25 bits per heavy atom. The lowest BCUT2D eigenvalue weighted by Crippen LogP contribution is -2.29. The molecule has 24 heavy (non-hydrogen) atoms. The predicted molar refractivity (Wildman–Crippen MR) is 94.2 cm³/mol. The van der Waals surface area contributed by atoms with Gasteiger partial charge in [-0.2, -0.15) is 0 Å². The maximum Gasteiger partial charge on any atom is 0.212 e. The molecule has 0 saturated carbocycles. The van der Waals surface area contributed by atoms with Gasteiger partial charge in [-0.05, 0) is 57.5 Å². The van der Waals surface area contributed by atoms with E-state index in [9.17, 15) is 0 Å². The summed E-state index contributed by atoms with van der Waals surface area (Å²) >= 11 is 5.98. The second-order valence-corrected chi connectivity index (χ2v) is 7.61. The van der Waals surface area contributed by atoms with Gasteiger partial charge in [0.05, 0.1) is 18.3 Å². The Bertz CT molecular complexity index is 719. The SMILES string of the molecule is Cc1nc([C@H](C)N2CC[C@@]3(CCOC3)C2)oc1-c1ccc(Cl)cc1. The lowest BCUT2D eigenvalue weighted by molar-refractivity contribution is 0.142. The summed E-state index contributed by atoms with van der Waals surface area (Å²) in [6, 6.07) is 7.90. The van der Waals surface area contributed by atoms with Crippen molar-refractivity contribution >= 4 is 11.6 Å². The lowest BCUT2D eigenvalue weighted by Gasteiger charge is -2.25. The summed E-state index contributed by atoms with van der Waals surface area (Å²) in [7, 11) is 0. The fourth-order valence-corrected chi connectivity index (χ4v) is 4.02. The normalized spacial score (nSPS) is 25.6. The van der Waals surface area contributed by atoms with Crippen molar-refractivity contribution in [1.29, 1.82) is 0 Å². The standard InChI is InChI=1S/C19H23ClN2O2/c1-13-17(15-3-5-16(20)6-4-15)24-18(21-13)14(2)22-9-7-19(11-22)8-10-23-12-19/h3-6,14H,7-12H2,1-2H3/t14-,19+/m0/s1. The highest BCUT2D eigenvalue weighted by Crippen LogP contribution is 2.41. The van der Waals surface area contributed by atoms with E-state index < -0.39 is 0 Å². The van der Waals surface area contributed by atoms with Crippen LogP contribution in [-0.4, -0.2) is 36.2 Å². The van der Waals surface area contributed by atoms with E-state index >= 15 is 0 Å². The second-order valence-electron chi connectivity index (χ2n) is 7.17. The molecule has 1 aromatic heterocycles. The Labute approximate surface area is 147 Å². The zero-order chi connectivity index (χ0) is 16.7. The minimum absolute atomic E-state index is 0.185. The van der Waals surface area contributed by atoms with E-state index in [-0.39, 0.29) is 6.04 Å². The lowest BCUT2D eigenvalue weighted by atomic mass is 9.87. The molecule has 0 bridgehead atoms. The monoisotopic (exact) mass is 346 g/mol. The van der Waals surface area contributed by atoms with Gasteiger partial charge in [-0.15, -0.1) is 0 Å². The topological polar surface area (TPSA) is 38.5 Å². The molecule has 4 rings (SSSR count). The minimum atomic E-state index is 0.185. The molecule has 2 atom stereocenters. The van der Waals surface area contributed by atoms with Crippen molar-refractivity contribution < 1.29 is 9.15 Å². The number of hydrogen-bond donors (Lipinski definition) is 0. The van der Waals surface area contributed by atoms with Crippen LogP contribution in [-0.2, 0) is 4.74 Å². The number of oxazole rings is 1. The zero-order valence-electron chi connectivity index (χ0n) is 14.2. The highest BCUT2D eigenvalue weighted by molar-refractivity contribution is 6.30. The zero-order valence-corrected chi connectivity index (χ0v) is 15.0. The first-order valence-corrected chi connectivity index (χ1v) is 8.99. The van der Waals surface area contributed by atoms with Gasteiger partial charge in [0.15, 0.2) is 5.76 Å². The van der Waals surface area contributed by atoms with Crippen molar-refractivity contribution in [2.24, 2.45) is 5.41 Å². The molecule has 2 aliphatic heterocycles. The molecule has 2 aromatic rings. The number of halogens is 1. The molecule has 3 heterocycles. The molecule has 1 aromatic carbocycles. The number of nitrogens with zero attached hydrogens (tertiary/aromatic N) is 2. The summed E-state index contributed by atoms with van der Waals surface area (Å²) < 4.78 is 11.8. The molecule has 2 aliphatic rings. The third kappa shape index (κ3) is 2.87. The quantitative estimate of drug-likeness (QED) is 0.821. The van der Waals surface area contributed by atoms with E-state index in [1.54, 1.807) is 0 Å². The van der Waals surface area contributed by atoms with Crippen LogP contribution in [0.1, 0.15) is 37.4 Å². The summed E-state index contributed by atoms with van der Waals surface area (Å²) in [5.74, 6) is 1.64. The number of rotatable bonds is 3. The minimum Gasteiger partial charge on any atom is -0.439 e. The summed E-state index contributed by atoms with van der Waals surface area (Å²) in [6.07, 6.45) is 2.39. The maximum atomic E-state index is 6.14. The fraction of sp³-hybridized carbons (Fsp3) is 0.526. The van der Waals surface area contributed by atoms with Crippen LogP contribution in [0.5, 0.6) is 0 Å². The van der Waals surface area contributed by atoms with Crippen molar-refractivity contribution in [1.82, 2.24) is 9.88 Å². The van der Waals surface area contributed by atoms with Crippen LogP contribution in [0.4, 0.5) is 0 Å². The number of aryl methyl sites for hydroxylation is 1. The van der Waals surface area contributed by atoms with Gasteiger partial charge in [0, 0.05) is 29.2 Å². The molecule has 5 heteroatoms. The number of aromatic nitrogens is 1. The smallest absolute Gasteiger partial charge is 0.212 e. The highest BCUT2D eigenvalue weighted by atomic mass is 35.5. The summed E-state index contributed by atoms with van der Waals surface area (Å²) in [5, 5.41) is 0.727. The van der Waals surface area contributed by atoms with E-state index in [4.69, 9.17) is 25.7 Å². The fourth-order valence-electron chi connectivity index (χ4n) is 3.89. The van der Waals surface area contributed by atoms with Crippen molar-refractivity contribution in [2.45, 2.75) is 32.7 Å². The average molecular weight is 347 g/mol. The molecule has 0 radical (unpaired) electrons. The van der Waals surface area contributed by atoms with E-state index in [0.717, 1.165) is 54.2 Å². The van der Waals surface area contributed by atoms with Crippen molar-refractivity contribution in [3.05, 3.63) is 40.9 Å². The molecule has 0 aliphatic carbocycles. The maximum absolute atomic E-state index is 6.14. The molecule has 0 amide bonds. The van der Waals surface area contributed by atoms with E-state index in [2.05, 4.69) is 11.8 Å². The first kappa shape index (κ1) is 16.1. The van der Waals surface area contributed by atoms with Crippen LogP contribution in [0.25, 0.3) is 11.3 Å². The van der Waals surface area contributed by atoms with Gasteiger partial charge < -0.3 is 9.15 Å². The van der Waals surface area contributed by atoms with Gasteiger partial charge in [-0.25, -0.2) is 4.98 Å². The van der Waals surface area contributed by atoms with Gasteiger partial charge in [-0.3, -0.25) is 4.90 Å². The van der Waals surface area contributed by atoms with Gasteiger partial charge >= 0.3 is 0 Å². The van der Waals surface area contributed by atoms with E-state index in [1.807, 2.05) is 31.2 Å². The molecule has 2 fully saturated rings. The van der Waals surface area contributed by atoms with Crippen LogP contribution in [0, 0.1) is 12.3 Å². The highest BCUT2D eigenvalue weighted by Gasteiger charge is 2.43. The van der Waals surface area contributed by atoms with Crippen LogP contribution >= 0.6 is 11.6 Å². The Kier molecular flexibility index (Phi) is 4.15.